The van der Waals surface area contributed by atoms with Gasteiger partial charge in [-0.3, -0.25) is 9.59 Å². The van der Waals surface area contributed by atoms with Gasteiger partial charge in [-0.15, -0.1) is 0 Å². The predicted molar refractivity (Wildman–Crippen MR) is 123 cm³/mol. The highest BCUT2D eigenvalue weighted by molar-refractivity contribution is 6.30. The lowest BCUT2D eigenvalue weighted by Gasteiger charge is -2.22. The molecule has 0 atom stereocenters. The van der Waals surface area contributed by atoms with Gasteiger partial charge in [-0.1, -0.05) is 49.1 Å². The summed E-state index contributed by atoms with van der Waals surface area (Å²) in [5.74, 6) is 0.969. The number of halogens is 1. The fourth-order valence-electron chi connectivity index (χ4n) is 3.69. The summed E-state index contributed by atoms with van der Waals surface area (Å²) >= 11 is 5.48. The van der Waals surface area contributed by atoms with Crippen molar-refractivity contribution in [3.63, 3.8) is 0 Å². The number of carbonyl (C=O) groups excluding carboxylic acids is 1. The van der Waals surface area contributed by atoms with E-state index in [-0.39, 0.29) is 17.2 Å². The number of benzene rings is 2. The molecule has 0 saturated heterocycles. The molecule has 164 valence electrons. The Labute approximate surface area is 186 Å². The van der Waals surface area contributed by atoms with Gasteiger partial charge in [0, 0.05) is 23.9 Å². The number of nitrogens with zero attached hydrogens (tertiary/aromatic N) is 1. The second-order valence-electron chi connectivity index (χ2n) is 7.77. The van der Waals surface area contributed by atoms with Crippen LogP contribution in [0.3, 0.4) is 0 Å². The van der Waals surface area contributed by atoms with Crippen molar-refractivity contribution < 1.29 is 9.90 Å². The second kappa shape index (κ2) is 11.5. The molecule has 1 aliphatic carbocycles. The molecule has 1 aliphatic rings. The van der Waals surface area contributed by atoms with Crippen LogP contribution in [0.25, 0.3) is 10.9 Å². The largest absolute Gasteiger partial charge is 0.508 e. The standard InChI is InChI=1S/C18H23N3O2.C6H5ClO/c22-17(19-13-7-2-1-3-8-13)12-6-11-16-20-15-10-5-4-9-14(15)18(23)21-16;7-5-2-1-3-6(8)4-5/h4-5,9-10,13H,1-3,6-8,11-12H2,(H,19,22)(H,20,21,23);1-4,8H. The van der Waals surface area contributed by atoms with Crippen LogP contribution in [0.2, 0.25) is 5.02 Å². The SMILES string of the molecule is O=C(CCCc1nc2ccccc2c(=O)[nH]1)NC1CCCCC1.Oc1cccc(Cl)c1. The maximum atomic E-state index is 12.0. The molecule has 1 heterocycles. The molecule has 6 nitrogen and oxygen atoms in total. The Balaban J connectivity index is 0.000000287. The maximum absolute atomic E-state index is 12.0. The highest BCUT2D eigenvalue weighted by atomic mass is 35.5. The van der Waals surface area contributed by atoms with Crippen molar-refractivity contribution in [2.24, 2.45) is 0 Å². The third kappa shape index (κ3) is 7.40. The number of fused-ring (bicyclic) bond motifs is 1. The van der Waals surface area contributed by atoms with Crippen LogP contribution in [-0.4, -0.2) is 27.0 Å². The molecular weight excluding hydrogens is 414 g/mol. The van der Waals surface area contributed by atoms with E-state index < -0.39 is 0 Å². The van der Waals surface area contributed by atoms with Gasteiger partial charge in [-0.05, 0) is 49.6 Å². The van der Waals surface area contributed by atoms with Crippen LogP contribution in [0.5, 0.6) is 5.75 Å². The second-order valence-corrected chi connectivity index (χ2v) is 8.20. The number of aryl methyl sites for hydroxylation is 1. The maximum Gasteiger partial charge on any atom is 0.258 e. The lowest BCUT2D eigenvalue weighted by molar-refractivity contribution is -0.122. The molecule has 1 amide bonds. The highest BCUT2D eigenvalue weighted by Gasteiger charge is 2.15. The van der Waals surface area contributed by atoms with Crippen molar-refractivity contribution in [2.75, 3.05) is 0 Å². The molecule has 0 unspecified atom stereocenters. The predicted octanol–water partition coefficient (Wildman–Crippen LogP) is 4.74. The molecule has 0 spiro atoms. The third-order valence-electron chi connectivity index (χ3n) is 5.26. The van der Waals surface area contributed by atoms with E-state index in [0.29, 0.717) is 47.1 Å². The summed E-state index contributed by atoms with van der Waals surface area (Å²) < 4.78 is 0. The van der Waals surface area contributed by atoms with Gasteiger partial charge in [-0.2, -0.15) is 0 Å². The molecular formula is C24H28ClN3O3. The van der Waals surface area contributed by atoms with E-state index in [1.165, 1.54) is 25.3 Å². The van der Waals surface area contributed by atoms with Crippen molar-refractivity contribution in [3.8, 4) is 5.75 Å². The number of nitrogens with one attached hydrogen (secondary N) is 2. The van der Waals surface area contributed by atoms with Crippen molar-refractivity contribution in [2.45, 2.75) is 57.4 Å². The van der Waals surface area contributed by atoms with Crippen LogP contribution >= 0.6 is 11.6 Å². The average molecular weight is 442 g/mol. The van der Waals surface area contributed by atoms with E-state index in [1.807, 2.05) is 18.2 Å². The van der Waals surface area contributed by atoms with E-state index in [9.17, 15) is 9.59 Å². The normalized spacial score (nSPS) is 14.0. The number of phenolic OH excluding ortho intramolecular Hbond substituents is 1. The number of hydrogen-bond donors (Lipinski definition) is 3. The average Bonchev–Trinajstić information content (AvgIpc) is 2.75. The number of H-pyrrole nitrogens is 1. The molecule has 0 radical (unpaired) electrons. The van der Waals surface area contributed by atoms with Crippen LogP contribution in [0.15, 0.2) is 53.3 Å². The molecule has 2 aromatic carbocycles. The first-order valence-electron chi connectivity index (χ1n) is 10.7. The van der Waals surface area contributed by atoms with Gasteiger partial charge in [0.1, 0.15) is 11.6 Å². The van der Waals surface area contributed by atoms with E-state index in [0.717, 1.165) is 12.8 Å². The molecule has 1 aromatic heterocycles. The summed E-state index contributed by atoms with van der Waals surface area (Å²) in [6.45, 7) is 0. The monoisotopic (exact) mass is 441 g/mol. The van der Waals surface area contributed by atoms with E-state index in [2.05, 4.69) is 15.3 Å². The summed E-state index contributed by atoms with van der Waals surface area (Å²) in [5, 5.41) is 13.0. The van der Waals surface area contributed by atoms with Gasteiger partial charge >= 0.3 is 0 Å². The van der Waals surface area contributed by atoms with E-state index in [4.69, 9.17) is 16.7 Å². The zero-order valence-electron chi connectivity index (χ0n) is 17.4. The first kappa shape index (κ1) is 22.8. The fraction of sp³-hybridized carbons (Fsp3) is 0.375. The Morgan fingerprint density at radius 3 is 2.61 bits per heavy atom. The Bertz CT molecular complexity index is 1040. The van der Waals surface area contributed by atoms with Gasteiger partial charge in [0.25, 0.3) is 5.56 Å². The lowest BCUT2D eigenvalue weighted by atomic mass is 9.95. The van der Waals surface area contributed by atoms with Crippen LogP contribution in [-0.2, 0) is 11.2 Å². The molecule has 4 rings (SSSR count). The Hall–Kier alpha value is -2.86. The fourth-order valence-corrected chi connectivity index (χ4v) is 3.88. The number of phenols is 1. The van der Waals surface area contributed by atoms with Crippen molar-refractivity contribution in [1.82, 2.24) is 15.3 Å². The molecule has 3 aromatic rings. The van der Waals surface area contributed by atoms with Crippen LogP contribution in [0.4, 0.5) is 0 Å². The number of para-hydroxylation sites is 1. The smallest absolute Gasteiger partial charge is 0.258 e. The minimum Gasteiger partial charge on any atom is -0.508 e. The van der Waals surface area contributed by atoms with Crippen molar-refractivity contribution >= 4 is 28.4 Å². The number of rotatable bonds is 5. The zero-order chi connectivity index (χ0) is 22.1. The summed E-state index contributed by atoms with van der Waals surface area (Å²) in [6, 6.07) is 14.1. The Morgan fingerprint density at radius 1 is 1.13 bits per heavy atom. The molecule has 0 aliphatic heterocycles. The van der Waals surface area contributed by atoms with E-state index in [1.54, 1.807) is 24.3 Å². The summed E-state index contributed by atoms with van der Waals surface area (Å²) in [6.07, 6.45) is 7.70. The number of aromatic nitrogens is 2. The molecule has 1 fully saturated rings. The van der Waals surface area contributed by atoms with Gasteiger partial charge in [0.05, 0.1) is 10.9 Å². The molecule has 7 heteroatoms. The van der Waals surface area contributed by atoms with Gasteiger partial charge in [-0.25, -0.2) is 4.98 Å². The van der Waals surface area contributed by atoms with Crippen LogP contribution < -0.4 is 10.9 Å². The van der Waals surface area contributed by atoms with Crippen LogP contribution in [0, 0.1) is 0 Å². The van der Waals surface area contributed by atoms with Crippen LogP contribution in [0.1, 0.15) is 50.8 Å². The summed E-state index contributed by atoms with van der Waals surface area (Å²) in [7, 11) is 0. The summed E-state index contributed by atoms with van der Waals surface area (Å²) in [5.41, 5.74) is 0.593. The first-order valence-corrected chi connectivity index (χ1v) is 11.1. The van der Waals surface area contributed by atoms with Crippen molar-refractivity contribution in [3.05, 3.63) is 69.7 Å². The molecule has 31 heavy (non-hydrogen) atoms. The first-order chi connectivity index (χ1) is 15.0. The molecule has 0 bridgehead atoms. The molecule has 3 N–H and O–H groups in total. The quantitative estimate of drug-likeness (QED) is 0.532. The number of amides is 1. The van der Waals surface area contributed by atoms with Gasteiger partial charge in [0.2, 0.25) is 5.91 Å². The van der Waals surface area contributed by atoms with Crippen molar-refractivity contribution in [1.29, 1.82) is 0 Å². The molecule has 1 saturated carbocycles. The lowest BCUT2D eigenvalue weighted by Crippen LogP contribution is -2.36. The number of carbonyl (C=O) groups is 1. The topological polar surface area (TPSA) is 95.1 Å². The number of hydrogen-bond acceptors (Lipinski definition) is 4. The highest BCUT2D eigenvalue weighted by Crippen LogP contribution is 2.17. The minimum atomic E-state index is -0.114. The Kier molecular flexibility index (Phi) is 8.47. The van der Waals surface area contributed by atoms with Gasteiger partial charge < -0.3 is 15.4 Å². The minimum absolute atomic E-state index is 0.111. The van der Waals surface area contributed by atoms with E-state index >= 15 is 0 Å². The zero-order valence-corrected chi connectivity index (χ0v) is 18.2. The third-order valence-corrected chi connectivity index (χ3v) is 5.49. The number of aromatic amines is 1. The summed E-state index contributed by atoms with van der Waals surface area (Å²) in [4.78, 5) is 31.2. The Morgan fingerprint density at radius 2 is 1.90 bits per heavy atom. The number of aromatic hydroxyl groups is 1. The van der Waals surface area contributed by atoms with Gasteiger partial charge in [0.15, 0.2) is 0 Å².